The van der Waals surface area contributed by atoms with Crippen LogP contribution in [0.1, 0.15) is 22.8 Å². The van der Waals surface area contributed by atoms with Crippen molar-refractivity contribution in [2.75, 3.05) is 6.54 Å². The molecule has 0 unspecified atom stereocenters. The first-order chi connectivity index (χ1) is 11.9. The SMILES string of the molecule is Cc1cccc(N=C2S[C@H](C)CN2C(=O)c2cccc([N+](=O)[O-])c2)c1. The molecule has 6 nitrogen and oxygen atoms in total. The second kappa shape index (κ2) is 7.06. The quantitative estimate of drug-likeness (QED) is 0.612. The lowest BCUT2D eigenvalue weighted by molar-refractivity contribution is -0.384. The van der Waals surface area contributed by atoms with Crippen LogP contribution in [0.25, 0.3) is 0 Å². The Morgan fingerprint density at radius 1 is 1.28 bits per heavy atom. The van der Waals surface area contributed by atoms with Gasteiger partial charge in [0.2, 0.25) is 0 Å². The maximum atomic E-state index is 12.8. The van der Waals surface area contributed by atoms with Crippen LogP contribution in [0, 0.1) is 17.0 Å². The van der Waals surface area contributed by atoms with Crippen molar-refractivity contribution < 1.29 is 9.72 Å². The minimum absolute atomic E-state index is 0.0945. The number of amidine groups is 1. The van der Waals surface area contributed by atoms with E-state index >= 15 is 0 Å². The molecule has 1 amide bonds. The smallest absolute Gasteiger partial charge is 0.270 e. The van der Waals surface area contributed by atoms with Gasteiger partial charge in [0.1, 0.15) is 0 Å². The van der Waals surface area contributed by atoms with E-state index in [1.54, 1.807) is 11.0 Å². The van der Waals surface area contributed by atoms with Crippen LogP contribution in [0.2, 0.25) is 0 Å². The minimum Gasteiger partial charge on any atom is -0.286 e. The molecule has 1 heterocycles. The molecule has 25 heavy (non-hydrogen) atoms. The first-order valence-corrected chi connectivity index (χ1v) is 8.70. The largest absolute Gasteiger partial charge is 0.286 e. The number of nitro benzene ring substituents is 1. The van der Waals surface area contributed by atoms with Gasteiger partial charge in [-0.2, -0.15) is 0 Å². The summed E-state index contributed by atoms with van der Waals surface area (Å²) in [5, 5.41) is 11.8. The third-order valence-electron chi connectivity index (χ3n) is 3.75. The van der Waals surface area contributed by atoms with E-state index in [0.717, 1.165) is 11.3 Å². The lowest BCUT2D eigenvalue weighted by Crippen LogP contribution is -2.32. The molecular weight excluding hydrogens is 338 g/mol. The molecule has 1 aliphatic heterocycles. The molecule has 1 atom stereocenters. The van der Waals surface area contributed by atoms with Crippen LogP contribution < -0.4 is 0 Å². The highest BCUT2D eigenvalue weighted by Crippen LogP contribution is 2.30. The Morgan fingerprint density at radius 3 is 2.76 bits per heavy atom. The molecule has 0 aliphatic carbocycles. The summed E-state index contributed by atoms with van der Waals surface area (Å²) in [6.07, 6.45) is 0. The monoisotopic (exact) mass is 355 g/mol. The highest BCUT2D eigenvalue weighted by Gasteiger charge is 2.32. The van der Waals surface area contributed by atoms with Gasteiger partial charge in [0.05, 0.1) is 10.6 Å². The molecule has 2 aromatic rings. The number of nitrogens with zero attached hydrogens (tertiary/aromatic N) is 3. The van der Waals surface area contributed by atoms with Crippen molar-refractivity contribution in [2.45, 2.75) is 19.1 Å². The topological polar surface area (TPSA) is 75.8 Å². The van der Waals surface area contributed by atoms with E-state index in [-0.39, 0.29) is 16.8 Å². The van der Waals surface area contributed by atoms with Crippen LogP contribution in [-0.2, 0) is 0 Å². The van der Waals surface area contributed by atoms with Gasteiger partial charge >= 0.3 is 0 Å². The Labute approximate surface area is 149 Å². The fourth-order valence-corrected chi connectivity index (χ4v) is 3.62. The molecule has 1 aliphatic rings. The predicted molar refractivity (Wildman–Crippen MR) is 99.5 cm³/mol. The number of aliphatic imine (C=N–C) groups is 1. The normalized spacial score (nSPS) is 18.6. The summed E-state index contributed by atoms with van der Waals surface area (Å²) in [4.78, 5) is 29.5. The Balaban J connectivity index is 1.92. The average molecular weight is 355 g/mol. The summed E-state index contributed by atoms with van der Waals surface area (Å²) in [5.41, 5.74) is 2.08. The molecule has 0 N–H and O–H groups in total. The summed E-state index contributed by atoms with van der Waals surface area (Å²) in [6.45, 7) is 4.54. The summed E-state index contributed by atoms with van der Waals surface area (Å²) < 4.78 is 0. The van der Waals surface area contributed by atoms with E-state index in [1.807, 2.05) is 38.1 Å². The highest BCUT2D eigenvalue weighted by molar-refractivity contribution is 8.14. The summed E-state index contributed by atoms with van der Waals surface area (Å²) in [5.74, 6) is -0.271. The molecule has 128 valence electrons. The zero-order valence-electron chi connectivity index (χ0n) is 13.9. The number of rotatable bonds is 3. The van der Waals surface area contributed by atoms with Crippen molar-refractivity contribution >= 4 is 34.2 Å². The molecule has 1 saturated heterocycles. The van der Waals surface area contributed by atoms with Gasteiger partial charge in [-0.05, 0) is 30.7 Å². The standard InChI is InChI=1S/C18H17N3O3S/c1-12-5-3-7-15(9-12)19-18-20(11-13(2)25-18)17(22)14-6-4-8-16(10-14)21(23)24/h3-10,13H,11H2,1-2H3/t13-/m1/s1. The molecule has 2 aromatic carbocycles. The number of carbonyl (C=O) groups excluding carboxylic acids is 1. The number of thioether (sulfide) groups is 1. The number of hydrogen-bond acceptors (Lipinski definition) is 5. The zero-order chi connectivity index (χ0) is 18.0. The summed E-state index contributed by atoms with van der Waals surface area (Å²) in [7, 11) is 0. The maximum Gasteiger partial charge on any atom is 0.270 e. The number of hydrogen-bond donors (Lipinski definition) is 0. The van der Waals surface area contributed by atoms with Gasteiger partial charge in [-0.1, -0.05) is 36.9 Å². The minimum atomic E-state index is -0.500. The van der Waals surface area contributed by atoms with E-state index in [2.05, 4.69) is 4.99 Å². The van der Waals surface area contributed by atoms with E-state index in [9.17, 15) is 14.9 Å². The fraction of sp³-hybridized carbons (Fsp3) is 0.222. The zero-order valence-corrected chi connectivity index (χ0v) is 14.7. The Bertz CT molecular complexity index is 866. The molecule has 7 heteroatoms. The third kappa shape index (κ3) is 3.88. The molecule has 1 fully saturated rings. The first kappa shape index (κ1) is 17.2. The van der Waals surface area contributed by atoms with Crippen LogP contribution in [0.4, 0.5) is 11.4 Å². The van der Waals surface area contributed by atoms with E-state index in [4.69, 9.17) is 0 Å². The number of benzene rings is 2. The van der Waals surface area contributed by atoms with Crippen molar-refractivity contribution in [3.8, 4) is 0 Å². The van der Waals surface area contributed by atoms with Gasteiger partial charge < -0.3 is 0 Å². The molecule has 0 bridgehead atoms. The molecule has 0 spiro atoms. The van der Waals surface area contributed by atoms with Crippen molar-refractivity contribution in [3.05, 3.63) is 69.8 Å². The number of carbonyl (C=O) groups is 1. The van der Waals surface area contributed by atoms with Crippen LogP contribution in [-0.4, -0.2) is 32.7 Å². The fourth-order valence-electron chi connectivity index (χ4n) is 2.59. The van der Waals surface area contributed by atoms with Crippen LogP contribution >= 0.6 is 11.8 Å². The van der Waals surface area contributed by atoms with Crippen molar-refractivity contribution in [3.63, 3.8) is 0 Å². The number of amides is 1. The molecule has 3 rings (SSSR count). The van der Waals surface area contributed by atoms with Crippen molar-refractivity contribution in [1.82, 2.24) is 4.90 Å². The second-order valence-electron chi connectivity index (χ2n) is 5.89. The Kier molecular flexibility index (Phi) is 4.85. The summed E-state index contributed by atoms with van der Waals surface area (Å²) in [6, 6.07) is 13.5. The maximum absolute atomic E-state index is 12.8. The Morgan fingerprint density at radius 2 is 2.04 bits per heavy atom. The number of aryl methyl sites for hydroxylation is 1. The lowest BCUT2D eigenvalue weighted by Gasteiger charge is -2.16. The first-order valence-electron chi connectivity index (χ1n) is 7.82. The lowest BCUT2D eigenvalue weighted by atomic mass is 10.2. The van der Waals surface area contributed by atoms with E-state index in [1.165, 1.54) is 30.0 Å². The second-order valence-corrected chi connectivity index (χ2v) is 7.29. The number of non-ortho nitro benzene ring substituents is 1. The molecule has 0 radical (unpaired) electrons. The van der Waals surface area contributed by atoms with Crippen LogP contribution in [0.15, 0.2) is 53.5 Å². The molecule has 0 aromatic heterocycles. The molecular formula is C18H17N3O3S. The third-order valence-corrected chi connectivity index (χ3v) is 4.83. The van der Waals surface area contributed by atoms with Crippen molar-refractivity contribution in [2.24, 2.45) is 4.99 Å². The average Bonchev–Trinajstić information content (AvgIpc) is 2.94. The highest BCUT2D eigenvalue weighted by atomic mass is 32.2. The van der Waals surface area contributed by atoms with Crippen molar-refractivity contribution in [1.29, 1.82) is 0 Å². The Hall–Kier alpha value is -2.67. The summed E-state index contributed by atoms with van der Waals surface area (Å²) >= 11 is 1.53. The van der Waals surface area contributed by atoms with Gasteiger partial charge in [0.25, 0.3) is 11.6 Å². The predicted octanol–water partition coefficient (Wildman–Crippen LogP) is 4.17. The van der Waals surface area contributed by atoms with E-state index in [0.29, 0.717) is 17.3 Å². The van der Waals surface area contributed by atoms with E-state index < -0.39 is 4.92 Å². The van der Waals surface area contributed by atoms with Gasteiger partial charge in [-0.25, -0.2) is 4.99 Å². The molecule has 0 saturated carbocycles. The van der Waals surface area contributed by atoms with Crippen LogP contribution in [0.3, 0.4) is 0 Å². The van der Waals surface area contributed by atoms with Gasteiger partial charge in [0, 0.05) is 29.5 Å². The number of nitro groups is 1. The van der Waals surface area contributed by atoms with Gasteiger partial charge in [-0.3, -0.25) is 19.8 Å². The van der Waals surface area contributed by atoms with Crippen LogP contribution in [0.5, 0.6) is 0 Å². The van der Waals surface area contributed by atoms with Gasteiger partial charge in [-0.15, -0.1) is 0 Å². The van der Waals surface area contributed by atoms with Gasteiger partial charge in [0.15, 0.2) is 5.17 Å².